The molecule has 0 aromatic heterocycles. The first kappa shape index (κ1) is 16.8. The van der Waals surface area contributed by atoms with Gasteiger partial charge in [-0.1, -0.05) is 18.2 Å². The van der Waals surface area contributed by atoms with Crippen LogP contribution in [-0.2, 0) is 9.47 Å². The van der Waals surface area contributed by atoms with Crippen molar-refractivity contribution in [3.05, 3.63) is 35.6 Å². The van der Waals surface area contributed by atoms with Crippen LogP contribution in [0.1, 0.15) is 37.7 Å². The highest BCUT2D eigenvalue weighted by atomic mass is 19.1. The fourth-order valence-electron chi connectivity index (χ4n) is 4.10. The molecule has 1 aliphatic carbocycles. The third kappa shape index (κ3) is 3.37. The molecule has 1 aromatic rings. The van der Waals surface area contributed by atoms with E-state index < -0.39 is 5.79 Å². The van der Waals surface area contributed by atoms with E-state index in [1.54, 1.807) is 12.1 Å². The molecule has 1 aromatic carbocycles. The van der Waals surface area contributed by atoms with E-state index in [9.17, 15) is 9.18 Å². The number of carbonyl (C=O) groups is 1. The fourth-order valence-corrected chi connectivity index (χ4v) is 4.10. The Morgan fingerprint density at radius 1 is 1.24 bits per heavy atom. The Hall–Kier alpha value is -1.66. The summed E-state index contributed by atoms with van der Waals surface area (Å²) in [5.74, 6) is -0.252. The lowest BCUT2D eigenvalue weighted by atomic mass is 9.89. The molecule has 0 unspecified atom stereocenters. The van der Waals surface area contributed by atoms with Gasteiger partial charge in [0.2, 0.25) is 0 Å². The number of piperidine rings is 1. The highest BCUT2D eigenvalue weighted by Gasteiger charge is 2.44. The first-order valence-corrected chi connectivity index (χ1v) is 9.14. The lowest BCUT2D eigenvalue weighted by Crippen LogP contribution is -2.49. The molecule has 5 nitrogen and oxygen atoms in total. The normalized spacial score (nSPS) is 28.8. The summed E-state index contributed by atoms with van der Waals surface area (Å²) < 4.78 is 25.3. The summed E-state index contributed by atoms with van der Waals surface area (Å²) in [6.45, 7) is 4.71. The molecule has 3 aliphatic rings. The molecule has 2 amide bonds. The third-order valence-corrected chi connectivity index (χ3v) is 5.79. The van der Waals surface area contributed by atoms with Crippen LogP contribution in [0.15, 0.2) is 24.3 Å². The Morgan fingerprint density at radius 2 is 1.92 bits per heavy atom. The van der Waals surface area contributed by atoms with Crippen molar-refractivity contribution in [3.63, 3.8) is 0 Å². The van der Waals surface area contributed by atoms with Gasteiger partial charge in [0.1, 0.15) is 5.82 Å². The zero-order valence-corrected chi connectivity index (χ0v) is 14.5. The van der Waals surface area contributed by atoms with E-state index in [0.29, 0.717) is 37.8 Å². The summed E-state index contributed by atoms with van der Waals surface area (Å²) in [5.41, 5.74) is 0.704. The first-order chi connectivity index (χ1) is 12.1. The Bertz CT molecular complexity index is 639. The van der Waals surface area contributed by atoms with Gasteiger partial charge in [0.25, 0.3) is 0 Å². The summed E-state index contributed by atoms with van der Waals surface area (Å²) in [7, 11) is 0. The summed E-state index contributed by atoms with van der Waals surface area (Å²) in [6.07, 6.45) is 2.57. The Balaban J connectivity index is 1.27. The number of urea groups is 1. The van der Waals surface area contributed by atoms with Gasteiger partial charge in [-0.05, 0) is 37.8 Å². The van der Waals surface area contributed by atoms with Gasteiger partial charge in [0, 0.05) is 31.0 Å². The monoisotopic (exact) mass is 348 g/mol. The predicted molar refractivity (Wildman–Crippen MR) is 90.7 cm³/mol. The maximum Gasteiger partial charge on any atom is 0.317 e. The summed E-state index contributed by atoms with van der Waals surface area (Å²) >= 11 is 0. The predicted octanol–water partition coefficient (Wildman–Crippen LogP) is 2.87. The molecule has 1 saturated carbocycles. The van der Waals surface area contributed by atoms with E-state index in [1.807, 2.05) is 17.9 Å². The Morgan fingerprint density at radius 3 is 2.60 bits per heavy atom. The van der Waals surface area contributed by atoms with Gasteiger partial charge in [0.15, 0.2) is 5.79 Å². The van der Waals surface area contributed by atoms with E-state index >= 15 is 0 Å². The second-order valence-corrected chi connectivity index (χ2v) is 7.39. The third-order valence-electron chi connectivity index (χ3n) is 5.79. The molecule has 0 spiro atoms. The second kappa shape index (κ2) is 6.57. The lowest BCUT2D eigenvalue weighted by molar-refractivity contribution is -0.189. The number of carbonyl (C=O) groups excluding carboxylic acids is 1. The minimum atomic E-state index is -0.491. The topological polar surface area (TPSA) is 50.8 Å². The molecule has 3 fully saturated rings. The molecule has 2 atom stereocenters. The zero-order chi connectivity index (χ0) is 17.4. The number of hydrogen-bond donors (Lipinski definition) is 1. The number of nitrogens with zero attached hydrogens (tertiary/aromatic N) is 1. The molecule has 6 heteroatoms. The number of halogens is 1. The van der Waals surface area contributed by atoms with Crippen molar-refractivity contribution in [1.29, 1.82) is 0 Å². The highest BCUT2D eigenvalue weighted by molar-refractivity contribution is 5.75. The van der Waals surface area contributed by atoms with Crippen molar-refractivity contribution < 1.29 is 18.7 Å². The van der Waals surface area contributed by atoms with Crippen LogP contribution in [0.2, 0.25) is 0 Å². The van der Waals surface area contributed by atoms with Crippen molar-refractivity contribution in [1.82, 2.24) is 10.2 Å². The highest BCUT2D eigenvalue weighted by Crippen LogP contribution is 2.42. The van der Waals surface area contributed by atoms with Crippen LogP contribution in [0.4, 0.5) is 9.18 Å². The molecular weight excluding hydrogens is 323 g/mol. The fraction of sp³-hybridized carbons (Fsp3) is 0.632. The van der Waals surface area contributed by atoms with Gasteiger partial charge in [-0.15, -0.1) is 0 Å². The van der Waals surface area contributed by atoms with Crippen LogP contribution < -0.4 is 5.32 Å². The molecule has 25 heavy (non-hydrogen) atoms. The quantitative estimate of drug-likeness (QED) is 0.914. The molecule has 1 N–H and O–H groups in total. The van der Waals surface area contributed by atoms with Crippen LogP contribution in [0.5, 0.6) is 0 Å². The van der Waals surface area contributed by atoms with Gasteiger partial charge in [-0.2, -0.15) is 0 Å². The summed E-state index contributed by atoms with van der Waals surface area (Å²) in [5, 5.41) is 3.05. The van der Waals surface area contributed by atoms with E-state index in [-0.39, 0.29) is 23.8 Å². The molecule has 0 radical (unpaired) electrons. The van der Waals surface area contributed by atoms with Gasteiger partial charge in [-0.3, -0.25) is 0 Å². The van der Waals surface area contributed by atoms with Crippen LogP contribution in [0.25, 0.3) is 0 Å². The summed E-state index contributed by atoms with van der Waals surface area (Å²) in [6, 6.07) is 6.82. The number of ether oxygens (including phenoxy) is 2. The van der Waals surface area contributed by atoms with Crippen LogP contribution in [0, 0.1) is 11.7 Å². The smallest absolute Gasteiger partial charge is 0.317 e. The molecular formula is C19H25FN2O3. The number of benzene rings is 1. The average Bonchev–Trinajstić information content (AvgIpc) is 3.23. The molecule has 2 heterocycles. The standard InChI is InChI=1S/C19H25FN2O3/c1-19(24-10-11-25-19)13-6-8-22(9-7-13)18(23)21-17-12-15(17)14-4-2-3-5-16(14)20/h2-5,13,15,17H,6-12H2,1H3,(H,21,23)/t15-,17-/m1/s1. The molecule has 2 aliphatic heterocycles. The SMILES string of the molecule is CC1(C2CCN(C(=O)N[C@@H]3C[C@@H]3c3ccccc3F)CC2)OCCO1. The number of amides is 2. The zero-order valence-electron chi connectivity index (χ0n) is 14.5. The number of likely N-dealkylation sites (tertiary alicyclic amines) is 1. The number of rotatable bonds is 3. The minimum Gasteiger partial charge on any atom is -0.348 e. The van der Waals surface area contributed by atoms with Crippen molar-refractivity contribution >= 4 is 6.03 Å². The maximum atomic E-state index is 13.8. The van der Waals surface area contributed by atoms with Gasteiger partial charge >= 0.3 is 6.03 Å². The van der Waals surface area contributed by atoms with E-state index in [4.69, 9.17) is 9.47 Å². The molecule has 4 rings (SSSR count). The number of hydrogen-bond acceptors (Lipinski definition) is 3. The first-order valence-electron chi connectivity index (χ1n) is 9.14. The van der Waals surface area contributed by atoms with Crippen molar-refractivity contribution in [2.75, 3.05) is 26.3 Å². The van der Waals surface area contributed by atoms with E-state index in [0.717, 1.165) is 19.3 Å². The largest absolute Gasteiger partial charge is 0.348 e. The lowest BCUT2D eigenvalue weighted by Gasteiger charge is -2.39. The van der Waals surface area contributed by atoms with Crippen molar-refractivity contribution in [2.24, 2.45) is 5.92 Å². The molecule has 0 bridgehead atoms. The van der Waals surface area contributed by atoms with Crippen LogP contribution in [-0.4, -0.2) is 49.1 Å². The Kier molecular flexibility index (Phi) is 4.41. The van der Waals surface area contributed by atoms with Crippen molar-refractivity contribution in [2.45, 2.75) is 43.9 Å². The minimum absolute atomic E-state index is 0.0410. The van der Waals surface area contributed by atoms with E-state index in [1.165, 1.54) is 6.07 Å². The Labute approximate surface area is 147 Å². The molecule has 2 saturated heterocycles. The van der Waals surface area contributed by atoms with E-state index in [2.05, 4.69) is 5.32 Å². The number of nitrogens with one attached hydrogen (secondary N) is 1. The van der Waals surface area contributed by atoms with Crippen molar-refractivity contribution in [3.8, 4) is 0 Å². The van der Waals surface area contributed by atoms with Crippen LogP contribution in [0.3, 0.4) is 0 Å². The molecule has 136 valence electrons. The summed E-state index contributed by atoms with van der Waals surface area (Å²) in [4.78, 5) is 14.3. The maximum absolute atomic E-state index is 13.8. The average molecular weight is 348 g/mol. The van der Waals surface area contributed by atoms with Gasteiger partial charge in [-0.25, -0.2) is 9.18 Å². The van der Waals surface area contributed by atoms with Gasteiger partial charge < -0.3 is 19.7 Å². The van der Waals surface area contributed by atoms with Gasteiger partial charge in [0.05, 0.1) is 13.2 Å². The second-order valence-electron chi connectivity index (χ2n) is 7.39. The van der Waals surface area contributed by atoms with Crippen LogP contribution >= 0.6 is 0 Å².